The third kappa shape index (κ3) is 1.26. The predicted molar refractivity (Wildman–Crippen MR) is 30.6 cm³/mol. The second-order valence-electron chi connectivity index (χ2n) is 0.933. The zero-order valence-corrected chi connectivity index (χ0v) is 3.58. The van der Waals surface area contributed by atoms with E-state index in [2.05, 4.69) is 5.32 Å². The molecule has 1 aliphatic rings. The average molecular weight is 98.2 g/mol. The molecule has 0 amide bonds. The molecule has 36 valence electrons. The molecule has 0 atom stereocenters. The van der Waals surface area contributed by atoms with Gasteiger partial charge in [-0.1, -0.05) is 12.1 Å². The molecule has 0 aromatic rings. The highest BCUT2D eigenvalue weighted by atomic mass is 14.8. The van der Waals surface area contributed by atoms with Crippen LogP contribution >= 0.6 is 0 Å². The van der Waals surface area contributed by atoms with Gasteiger partial charge in [0.2, 0.25) is 0 Å². The maximum absolute atomic E-state index is 7.21. The Morgan fingerprint density at radius 1 is 1.14 bits per heavy atom. The Morgan fingerprint density at radius 2 is 2.00 bits per heavy atom. The summed E-state index contributed by atoms with van der Waals surface area (Å²) in [7, 11) is 0. The Hall–Kier alpha value is -0.980. The lowest BCUT2D eigenvalue weighted by atomic mass is 10.5. The van der Waals surface area contributed by atoms with Crippen LogP contribution in [0.25, 0.3) is 0 Å². The van der Waals surface area contributed by atoms with Crippen LogP contribution in [-0.4, -0.2) is 0 Å². The number of hydrogen-bond donors (Lipinski definition) is 1. The zero-order valence-electron chi connectivity index (χ0n) is 8.58. The molecule has 1 rings (SSSR count). The first-order chi connectivity index (χ1) is 5.54. The van der Waals surface area contributed by atoms with Crippen LogP contribution < -0.4 is 5.32 Å². The van der Waals surface area contributed by atoms with E-state index in [9.17, 15) is 0 Å². The summed E-state index contributed by atoms with van der Waals surface area (Å²) in [5, 5.41) is 2.33. The van der Waals surface area contributed by atoms with Crippen molar-refractivity contribution >= 4 is 0 Å². The van der Waals surface area contributed by atoms with Crippen molar-refractivity contribution in [3.8, 4) is 0 Å². The summed E-state index contributed by atoms with van der Waals surface area (Å²) in [6.45, 7) is 0. The highest BCUT2D eigenvalue weighted by Crippen LogP contribution is 1.81. The van der Waals surface area contributed by atoms with Crippen molar-refractivity contribution in [3.63, 3.8) is 0 Å². The van der Waals surface area contributed by atoms with E-state index < -0.39 is 6.05 Å². The van der Waals surface area contributed by atoms with Gasteiger partial charge in [0, 0.05) is 12.4 Å². The number of nitrogens with one attached hydrogen (secondary N) is 1. The fourth-order valence-electron chi connectivity index (χ4n) is 0.243. The van der Waals surface area contributed by atoms with Gasteiger partial charge in [0.25, 0.3) is 0 Å². The average Bonchev–Trinajstić information content (AvgIpc) is 2.14. The van der Waals surface area contributed by atoms with Crippen molar-refractivity contribution in [1.29, 1.82) is 0 Å². The lowest BCUT2D eigenvalue weighted by Crippen LogP contribution is -1.87. The monoisotopic (exact) mass is 98.1 g/mol. The molecule has 0 unspecified atom stereocenters. The first kappa shape index (κ1) is 1.25. The molecule has 1 nitrogen and oxygen atoms in total. The summed E-state index contributed by atoms with van der Waals surface area (Å²) in [5.74, 6) is 0. The van der Waals surface area contributed by atoms with Crippen LogP contribution in [0, 0.1) is 0 Å². The summed E-state index contributed by atoms with van der Waals surface area (Å²) in [4.78, 5) is 0. The van der Waals surface area contributed by atoms with Gasteiger partial charge < -0.3 is 5.32 Å². The fraction of sp³-hybridized carbons (Fsp3) is 0. The molecule has 1 heteroatoms. The van der Waals surface area contributed by atoms with Crippen molar-refractivity contribution in [3.05, 3.63) is 36.6 Å². The molecule has 0 fully saturated rings. The maximum Gasteiger partial charge on any atom is 0.0815 e. The molecule has 1 heterocycles. The van der Waals surface area contributed by atoms with Gasteiger partial charge >= 0.3 is 0 Å². The predicted octanol–water partition coefficient (Wildman–Crippen LogP) is 1.17. The number of hydrogen-bond acceptors (Lipinski definition) is 1. The van der Waals surface area contributed by atoms with E-state index in [1.165, 1.54) is 0 Å². The van der Waals surface area contributed by atoms with Crippen molar-refractivity contribution < 1.29 is 6.85 Å². The van der Waals surface area contributed by atoms with Gasteiger partial charge in [0.15, 0.2) is 0 Å². The minimum Gasteiger partial charge on any atom is -0.368 e. The van der Waals surface area contributed by atoms with Gasteiger partial charge in [0.05, 0.1) is 6.85 Å². The lowest BCUT2D eigenvalue weighted by Gasteiger charge is -1.79. The summed E-state index contributed by atoms with van der Waals surface area (Å²) in [6.07, 6.45) is 0.868. The maximum atomic E-state index is 7.21. The largest absolute Gasteiger partial charge is 0.368 e. The lowest BCUT2D eigenvalue weighted by molar-refractivity contribution is 1.20. The summed E-state index contributed by atoms with van der Waals surface area (Å²) < 4.78 is 35.9. The van der Waals surface area contributed by atoms with E-state index in [4.69, 9.17) is 6.85 Å². The third-order valence-electron chi connectivity index (χ3n) is 0.476. The minimum absolute atomic E-state index is 0.188. The summed E-state index contributed by atoms with van der Waals surface area (Å²) in [6, 6.07) is -1.29. The summed E-state index contributed by atoms with van der Waals surface area (Å²) in [5.41, 5.74) is 0. The second kappa shape index (κ2) is 2.24. The fourth-order valence-corrected chi connectivity index (χ4v) is 0.243. The second-order valence-corrected chi connectivity index (χ2v) is 0.933. The van der Waals surface area contributed by atoms with Crippen LogP contribution in [0.3, 0.4) is 0 Å². The van der Waals surface area contributed by atoms with Crippen molar-refractivity contribution in [2.24, 2.45) is 0 Å². The van der Waals surface area contributed by atoms with Crippen molar-refractivity contribution in [1.82, 2.24) is 5.32 Å². The molecule has 7 heavy (non-hydrogen) atoms. The first-order valence-electron chi connectivity index (χ1n) is 4.33. The molecule has 0 aromatic carbocycles. The van der Waals surface area contributed by atoms with E-state index in [-0.39, 0.29) is 24.3 Å². The molecular weight excluding hydrogens is 86.1 g/mol. The quantitative estimate of drug-likeness (QED) is 0.479. The van der Waals surface area contributed by atoms with Crippen molar-refractivity contribution in [2.75, 3.05) is 0 Å². The Kier molecular flexibility index (Phi) is 0.399. The van der Waals surface area contributed by atoms with Crippen molar-refractivity contribution in [2.45, 2.75) is 0 Å². The minimum atomic E-state index is -0.397. The molecule has 1 aliphatic heterocycles. The van der Waals surface area contributed by atoms with Crippen LogP contribution in [-0.2, 0) is 0 Å². The molecule has 0 bridgehead atoms. The van der Waals surface area contributed by atoms with Crippen LogP contribution in [0.5, 0.6) is 0 Å². The third-order valence-corrected chi connectivity index (χ3v) is 0.476. The molecule has 1 N–H and O–H groups in total. The molecule has 0 aromatic heterocycles. The van der Waals surface area contributed by atoms with Crippen LogP contribution in [0.4, 0.5) is 0 Å². The van der Waals surface area contributed by atoms with Gasteiger partial charge in [0.1, 0.15) is 0 Å². The van der Waals surface area contributed by atoms with Gasteiger partial charge in [-0.05, 0) is 12.1 Å². The standard InChI is InChI=1S/C6H7N/c1-2-4-6-7-5-3-1/h1-7H/i1D,2D,3D,4D,5D. The van der Waals surface area contributed by atoms with Crippen LogP contribution in [0.1, 0.15) is 6.85 Å². The van der Waals surface area contributed by atoms with Gasteiger partial charge in [-0.3, -0.25) is 0 Å². The summed E-state index contributed by atoms with van der Waals surface area (Å²) >= 11 is 0. The first-order valence-corrected chi connectivity index (χ1v) is 1.83. The molecule has 0 radical (unpaired) electrons. The van der Waals surface area contributed by atoms with E-state index >= 15 is 0 Å². The van der Waals surface area contributed by atoms with Gasteiger partial charge in [-0.25, -0.2) is 0 Å². The molecule has 0 saturated carbocycles. The normalized spacial score (nSPS) is 33.1. The van der Waals surface area contributed by atoms with E-state index in [0.717, 1.165) is 6.20 Å². The van der Waals surface area contributed by atoms with E-state index in [1.807, 2.05) is 0 Å². The smallest absolute Gasteiger partial charge is 0.0815 e. The molecule has 0 aliphatic carbocycles. The number of allylic oxidation sites excluding steroid dienone is 4. The molecule has 0 spiro atoms. The highest BCUT2D eigenvalue weighted by Gasteiger charge is 1.67. The topological polar surface area (TPSA) is 12.0 Å². The number of rotatable bonds is 0. The Bertz CT molecular complexity index is 301. The van der Waals surface area contributed by atoms with E-state index in [1.54, 1.807) is 0 Å². The Labute approximate surface area is 50.1 Å². The Balaban J connectivity index is 3.23. The van der Waals surface area contributed by atoms with Crippen LogP contribution in [0.2, 0.25) is 0 Å². The van der Waals surface area contributed by atoms with Crippen LogP contribution in [0.15, 0.2) is 36.6 Å². The highest BCUT2D eigenvalue weighted by molar-refractivity contribution is 5.14. The van der Waals surface area contributed by atoms with Gasteiger partial charge in [-0.2, -0.15) is 0 Å². The van der Waals surface area contributed by atoms with Gasteiger partial charge in [-0.15, -0.1) is 0 Å². The molecule has 0 saturated heterocycles. The zero-order chi connectivity index (χ0) is 9.30. The SMILES string of the molecule is [2H]C1=CNC([2H])=C([2H])C([2H])=C1[2H]. The molecular formula is C6H7N. The Morgan fingerprint density at radius 3 is 3.00 bits per heavy atom. The van der Waals surface area contributed by atoms with E-state index in [0.29, 0.717) is 0 Å².